The lowest BCUT2D eigenvalue weighted by molar-refractivity contribution is 0.234. The van der Waals surface area contributed by atoms with E-state index in [-0.39, 0.29) is 0 Å². The first kappa shape index (κ1) is 9.05. The highest BCUT2D eigenvalue weighted by Gasteiger charge is 2.29. The van der Waals surface area contributed by atoms with Gasteiger partial charge in [0, 0.05) is 12.6 Å². The van der Waals surface area contributed by atoms with Gasteiger partial charge in [0.15, 0.2) is 0 Å². The van der Waals surface area contributed by atoms with Crippen LogP contribution >= 0.6 is 0 Å². The van der Waals surface area contributed by atoms with E-state index in [0.29, 0.717) is 0 Å². The van der Waals surface area contributed by atoms with E-state index in [1.54, 1.807) is 0 Å². The van der Waals surface area contributed by atoms with E-state index in [0.717, 1.165) is 17.9 Å². The van der Waals surface area contributed by atoms with Crippen molar-refractivity contribution in [1.29, 1.82) is 0 Å². The van der Waals surface area contributed by atoms with Gasteiger partial charge in [0.2, 0.25) is 0 Å². The van der Waals surface area contributed by atoms with Crippen molar-refractivity contribution < 1.29 is 0 Å². The normalized spacial score (nSPS) is 36.0. The molecule has 11 heavy (non-hydrogen) atoms. The molecule has 0 amide bonds. The van der Waals surface area contributed by atoms with E-state index in [4.69, 9.17) is 0 Å². The Kier molecular flexibility index (Phi) is 2.94. The molecular weight excluding hydrogens is 134 g/mol. The molecule has 1 saturated heterocycles. The molecule has 1 rings (SSSR count). The fourth-order valence-corrected chi connectivity index (χ4v) is 2.23. The number of likely N-dealkylation sites (tertiary alicyclic amines) is 1. The van der Waals surface area contributed by atoms with Crippen LogP contribution in [0.15, 0.2) is 0 Å². The molecule has 1 heteroatoms. The van der Waals surface area contributed by atoms with Gasteiger partial charge in [0.1, 0.15) is 0 Å². The van der Waals surface area contributed by atoms with E-state index in [2.05, 4.69) is 32.7 Å². The number of hydrogen-bond donors (Lipinski definition) is 0. The molecule has 0 aliphatic carbocycles. The Morgan fingerprint density at radius 1 is 1.55 bits per heavy atom. The number of hydrogen-bond acceptors (Lipinski definition) is 1. The van der Waals surface area contributed by atoms with Crippen LogP contribution in [-0.4, -0.2) is 24.5 Å². The highest BCUT2D eigenvalue weighted by atomic mass is 15.2. The third kappa shape index (κ3) is 1.96. The summed E-state index contributed by atoms with van der Waals surface area (Å²) in [6.45, 7) is 8.33. The fourth-order valence-electron chi connectivity index (χ4n) is 2.23. The van der Waals surface area contributed by atoms with Gasteiger partial charge in [-0.15, -0.1) is 0 Å². The zero-order valence-electron chi connectivity index (χ0n) is 8.30. The molecule has 66 valence electrons. The van der Waals surface area contributed by atoms with Crippen LogP contribution in [0, 0.1) is 11.8 Å². The molecule has 1 fully saturated rings. The molecule has 0 spiro atoms. The van der Waals surface area contributed by atoms with E-state index in [1.165, 1.54) is 19.4 Å². The van der Waals surface area contributed by atoms with E-state index in [9.17, 15) is 0 Å². The van der Waals surface area contributed by atoms with Crippen molar-refractivity contribution in [2.24, 2.45) is 11.8 Å². The van der Waals surface area contributed by atoms with Crippen molar-refractivity contribution in [2.75, 3.05) is 13.6 Å². The first-order valence-corrected chi connectivity index (χ1v) is 4.85. The van der Waals surface area contributed by atoms with Gasteiger partial charge in [-0.1, -0.05) is 27.2 Å². The van der Waals surface area contributed by atoms with Crippen molar-refractivity contribution in [1.82, 2.24) is 4.90 Å². The Morgan fingerprint density at radius 2 is 2.18 bits per heavy atom. The van der Waals surface area contributed by atoms with Crippen molar-refractivity contribution in [2.45, 2.75) is 39.7 Å². The largest absolute Gasteiger partial charge is 0.303 e. The summed E-state index contributed by atoms with van der Waals surface area (Å²) in [4.78, 5) is 2.53. The molecule has 3 atom stereocenters. The summed E-state index contributed by atoms with van der Waals surface area (Å²) in [6, 6.07) is 0.856. The lowest BCUT2D eigenvalue weighted by Crippen LogP contribution is -2.30. The molecule has 0 N–H and O–H groups in total. The maximum atomic E-state index is 2.53. The monoisotopic (exact) mass is 155 g/mol. The standard InChI is InChI=1S/C10H21N/c1-5-9(3)10-6-8(2)7-11(10)4/h8-10H,5-7H2,1-4H3. The highest BCUT2D eigenvalue weighted by molar-refractivity contribution is 4.83. The van der Waals surface area contributed by atoms with Crippen LogP contribution in [0.2, 0.25) is 0 Å². The van der Waals surface area contributed by atoms with Crippen LogP contribution in [0.4, 0.5) is 0 Å². The summed E-state index contributed by atoms with van der Waals surface area (Å²) in [5, 5.41) is 0. The number of rotatable bonds is 2. The third-order valence-electron chi connectivity index (χ3n) is 3.11. The average Bonchev–Trinajstić information content (AvgIpc) is 2.28. The van der Waals surface area contributed by atoms with Crippen LogP contribution in [-0.2, 0) is 0 Å². The second-order valence-electron chi connectivity index (χ2n) is 4.23. The van der Waals surface area contributed by atoms with Crippen LogP contribution in [0.3, 0.4) is 0 Å². The second-order valence-corrected chi connectivity index (χ2v) is 4.23. The fraction of sp³-hybridized carbons (Fsp3) is 1.00. The average molecular weight is 155 g/mol. The molecule has 0 aromatic carbocycles. The van der Waals surface area contributed by atoms with E-state index in [1.807, 2.05) is 0 Å². The summed E-state index contributed by atoms with van der Waals surface area (Å²) in [6.07, 6.45) is 2.73. The molecule has 1 heterocycles. The molecule has 0 aromatic rings. The summed E-state index contributed by atoms with van der Waals surface area (Å²) < 4.78 is 0. The summed E-state index contributed by atoms with van der Waals surface area (Å²) in [7, 11) is 2.26. The van der Waals surface area contributed by atoms with Gasteiger partial charge < -0.3 is 4.90 Å². The summed E-state index contributed by atoms with van der Waals surface area (Å²) in [5.41, 5.74) is 0. The molecule has 0 saturated carbocycles. The van der Waals surface area contributed by atoms with Gasteiger partial charge in [-0.05, 0) is 25.3 Å². The maximum absolute atomic E-state index is 2.53. The minimum Gasteiger partial charge on any atom is -0.303 e. The minimum absolute atomic E-state index is 0.856. The van der Waals surface area contributed by atoms with Crippen molar-refractivity contribution in [3.8, 4) is 0 Å². The SMILES string of the molecule is CCC(C)C1CC(C)CN1C. The third-order valence-corrected chi connectivity index (χ3v) is 3.11. The van der Waals surface area contributed by atoms with Crippen molar-refractivity contribution >= 4 is 0 Å². The van der Waals surface area contributed by atoms with Crippen LogP contribution < -0.4 is 0 Å². The Labute approximate surface area is 70.8 Å². The Balaban J connectivity index is 2.45. The summed E-state index contributed by atoms with van der Waals surface area (Å²) in [5.74, 6) is 1.80. The van der Waals surface area contributed by atoms with Gasteiger partial charge in [-0.3, -0.25) is 0 Å². The zero-order chi connectivity index (χ0) is 8.43. The second kappa shape index (κ2) is 3.57. The predicted octanol–water partition coefficient (Wildman–Crippen LogP) is 2.37. The van der Waals surface area contributed by atoms with Crippen molar-refractivity contribution in [3.63, 3.8) is 0 Å². The molecule has 1 aliphatic rings. The van der Waals surface area contributed by atoms with E-state index < -0.39 is 0 Å². The molecule has 3 unspecified atom stereocenters. The molecule has 0 aromatic heterocycles. The first-order valence-electron chi connectivity index (χ1n) is 4.85. The predicted molar refractivity (Wildman–Crippen MR) is 49.7 cm³/mol. The maximum Gasteiger partial charge on any atom is 0.0121 e. The number of nitrogens with zero attached hydrogens (tertiary/aromatic N) is 1. The van der Waals surface area contributed by atoms with Crippen LogP contribution in [0.5, 0.6) is 0 Å². The Bertz CT molecular complexity index is 118. The van der Waals surface area contributed by atoms with Gasteiger partial charge in [-0.25, -0.2) is 0 Å². The van der Waals surface area contributed by atoms with Crippen LogP contribution in [0.25, 0.3) is 0 Å². The Hall–Kier alpha value is -0.0400. The highest BCUT2D eigenvalue weighted by Crippen LogP contribution is 2.27. The molecule has 0 radical (unpaired) electrons. The zero-order valence-corrected chi connectivity index (χ0v) is 8.30. The van der Waals surface area contributed by atoms with Gasteiger partial charge in [0.25, 0.3) is 0 Å². The lowest BCUT2D eigenvalue weighted by Gasteiger charge is -2.24. The Morgan fingerprint density at radius 3 is 2.55 bits per heavy atom. The topological polar surface area (TPSA) is 3.24 Å². The first-order chi connectivity index (χ1) is 5.15. The van der Waals surface area contributed by atoms with Gasteiger partial charge in [-0.2, -0.15) is 0 Å². The molecule has 1 nitrogen and oxygen atoms in total. The lowest BCUT2D eigenvalue weighted by atomic mass is 9.95. The van der Waals surface area contributed by atoms with E-state index >= 15 is 0 Å². The smallest absolute Gasteiger partial charge is 0.0121 e. The minimum atomic E-state index is 0.856. The van der Waals surface area contributed by atoms with Crippen molar-refractivity contribution in [3.05, 3.63) is 0 Å². The molecule has 1 aliphatic heterocycles. The quantitative estimate of drug-likeness (QED) is 0.592. The van der Waals surface area contributed by atoms with Gasteiger partial charge in [0.05, 0.1) is 0 Å². The molecule has 0 bridgehead atoms. The van der Waals surface area contributed by atoms with Gasteiger partial charge >= 0.3 is 0 Å². The summed E-state index contributed by atoms with van der Waals surface area (Å²) >= 11 is 0. The van der Waals surface area contributed by atoms with Crippen LogP contribution in [0.1, 0.15) is 33.6 Å². The molecular formula is C10H21N.